The molecular formula is C22H24ClN5O. The van der Waals surface area contributed by atoms with Crippen molar-refractivity contribution in [3.63, 3.8) is 0 Å². The maximum atomic E-state index is 13.5. The summed E-state index contributed by atoms with van der Waals surface area (Å²) in [6.07, 6.45) is 0. The molecule has 3 aromatic rings. The largest absolute Gasteiger partial charge is 0.328 e. The van der Waals surface area contributed by atoms with Crippen LogP contribution in [0.15, 0.2) is 48.5 Å². The highest BCUT2D eigenvalue weighted by molar-refractivity contribution is 6.33. The number of amides is 1. The minimum absolute atomic E-state index is 0.0438. The van der Waals surface area contributed by atoms with E-state index in [1.165, 1.54) is 0 Å². The predicted molar refractivity (Wildman–Crippen MR) is 114 cm³/mol. The number of piperazine rings is 1. The average molecular weight is 410 g/mol. The third kappa shape index (κ3) is 3.91. The smallest absolute Gasteiger partial charge is 0.274 e. The van der Waals surface area contributed by atoms with E-state index in [1.54, 1.807) is 16.8 Å². The van der Waals surface area contributed by atoms with Crippen LogP contribution in [0, 0.1) is 13.8 Å². The molecule has 0 saturated carbocycles. The molecule has 0 N–H and O–H groups in total. The number of aromatic nitrogens is 3. The van der Waals surface area contributed by atoms with Gasteiger partial charge in [-0.15, -0.1) is 0 Å². The standard InChI is InChI=1S/C22H24ClN5O/c1-15-13-16(2)28(25-15)20-10-9-18(23)21(24-20)22(29)27-12-11-26(3)14-19(27)17-7-5-4-6-8-17/h4-10,13,19H,11-12,14H2,1-3H3. The second-order valence-corrected chi connectivity index (χ2v) is 7.93. The molecule has 1 atom stereocenters. The number of rotatable bonds is 3. The molecule has 2 aromatic heterocycles. The van der Waals surface area contributed by atoms with Crippen LogP contribution in [-0.2, 0) is 0 Å². The van der Waals surface area contributed by atoms with Crippen molar-refractivity contribution < 1.29 is 4.79 Å². The maximum Gasteiger partial charge on any atom is 0.274 e. The van der Waals surface area contributed by atoms with E-state index < -0.39 is 0 Å². The second-order valence-electron chi connectivity index (χ2n) is 7.53. The summed E-state index contributed by atoms with van der Waals surface area (Å²) in [7, 11) is 2.08. The Balaban J connectivity index is 1.71. The number of benzene rings is 1. The normalized spacial score (nSPS) is 17.5. The number of nitrogens with zero attached hydrogens (tertiary/aromatic N) is 5. The van der Waals surface area contributed by atoms with Gasteiger partial charge >= 0.3 is 0 Å². The van der Waals surface area contributed by atoms with E-state index in [0.29, 0.717) is 17.4 Å². The minimum atomic E-state index is -0.152. The Labute approximate surface area is 175 Å². The fourth-order valence-corrected chi connectivity index (χ4v) is 4.01. The predicted octanol–water partition coefficient (Wildman–Crippen LogP) is 3.67. The average Bonchev–Trinajstić information content (AvgIpc) is 3.06. The van der Waals surface area contributed by atoms with E-state index in [4.69, 9.17) is 11.6 Å². The third-order valence-corrected chi connectivity index (χ3v) is 5.59. The summed E-state index contributed by atoms with van der Waals surface area (Å²) in [5, 5.41) is 4.83. The lowest BCUT2D eigenvalue weighted by atomic mass is 10.0. The lowest BCUT2D eigenvalue weighted by molar-refractivity contribution is 0.0492. The molecule has 4 rings (SSSR count). The Kier molecular flexibility index (Phi) is 5.39. The van der Waals surface area contributed by atoms with E-state index in [9.17, 15) is 4.79 Å². The monoisotopic (exact) mass is 409 g/mol. The molecule has 1 fully saturated rings. The van der Waals surface area contributed by atoms with Gasteiger partial charge in [-0.05, 0) is 44.7 Å². The first-order chi connectivity index (χ1) is 13.9. The van der Waals surface area contributed by atoms with E-state index in [1.807, 2.05) is 43.0 Å². The summed E-state index contributed by atoms with van der Waals surface area (Å²) >= 11 is 6.42. The van der Waals surface area contributed by atoms with Crippen molar-refractivity contribution in [2.45, 2.75) is 19.9 Å². The molecule has 6 nitrogen and oxygen atoms in total. The molecule has 7 heteroatoms. The highest BCUT2D eigenvalue weighted by Gasteiger charge is 2.32. The number of carbonyl (C=O) groups excluding carboxylic acids is 1. The molecule has 150 valence electrons. The number of hydrogen-bond acceptors (Lipinski definition) is 4. The van der Waals surface area contributed by atoms with Gasteiger partial charge in [-0.2, -0.15) is 5.10 Å². The Morgan fingerprint density at radius 3 is 2.55 bits per heavy atom. The number of aryl methyl sites for hydroxylation is 2. The summed E-state index contributed by atoms with van der Waals surface area (Å²) in [6.45, 7) is 6.09. The van der Waals surface area contributed by atoms with E-state index in [0.717, 1.165) is 30.0 Å². The highest BCUT2D eigenvalue weighted by Crippen LogP contribution is 2.28. The van der Waals surface area contributed by atoms with Gasteiger partial charge in [-0.1, -0.05) is 41.9 Å². The fraction of sp³-hybridized carbons (Fsp3) is 0.318. The summed E-state index contributed by atoms with van der Waals surface area (Å²) in [5.41, 5.74) is 3.23. The summed E-state index contributed by atoms with van der Waals surface area (Å²) < 4.78 is 1.74. The number of halogens is 1. The number of pyridine rings is 1. The Hall–Kier alpha value is -2.70. The van der Waals surface area contributed by atoms with Gasteiger partial charge in [-0.25, -0.2) is 9.67 Å². The molecule has 0 spiro atoms. The molecule has 1 saturated heterocycles. The van der Waals surface area contributed by atoms with Crippen molar-refractivity contribution in [2.24, 2.45) is 0 Å². The van der Waals surface area contributed by atoms with Crippen molar-refractivity contribution in [2.75, 3.05) is 26.7 Å². The summed E-state index contributed by atoms with van der Waals surface area (Å²) in [6, 6.07) is 15.6. The molecule has 0 bridgehead atoms. The van der Waals surface area contributed by atoms with Gasteiger partial charge in [0.2, 0.25) is 0 Å². The lowest BCUT2D eigenvalue weighted by Gasteiger charge is -2.40. The van der Waals surface area contributed by atoms with Gasteiger partial charge in [0.15, 0.2) is 5.82 Å². The quantitative estimate of drug-likeness (QED) is 0.662. The molecule has 29 heavy (non-hydrogen) atoms. The van der Waals surface area contributed by atoms with Crippen molar-refractivity contribution in [1.82, 2.24) is 24.6 Å². The molecule has 3 heterocycles. The van der Waals surface area contributed by atoms with Crippen LogP contribution >= 0.6 is 11.6 Å². The highest BCUT2D eigenvalue weighted by atomic mass is 35.5. The summed E-state index contributed by atoms with van der Waals surface area (Å²) in [5.74, 6) is 0.439. The van der Waals surface area contributed by atoms with Gasteiger partial charge < -0.3 is 9.80 Å². The number of hydrogen-bond donors (Lipinski definition) is 0. The number of carbonyl (C=O) groups is 1. The van der Waals surface area contributed by atoms with Gasteiger partial charge in [0.1, 0.15) is 5.69 Å². The van der Waals surface area contributed by atoms with Gasteiger partial charge in [0, 0.05) is 25.3 Å². The molecular weight excluding hydrogens is 386 g/mol. The topological polar surface area (TPSA) is 54.3 Å². The SMILES string of the molecule is Cc1cc(C)n(-c2ccc(Cl)c(C(=O)N3CCN(C)CC3c3ccccc3)n2)n1. The van der Waals surface area contributed by atoms with Crippen LogP contribution in [0.3, 0.4) is 0 Å². The zero-order valence-electron chi connectivity index (χ0n) is 16.8. The molecule has 1 aromatic carbocycles. The van der Waals surface area contributed by atoms with E-state index >= 15 is 0 Å². The van der Waals surface area contributed by atoms with Gasteiger partial charge in [-0.3, -0.25) is 4.79 Å². The van der Waals surface area contributed by atoms with Crippen LogP contribution in [0.1, 0.15) is 33.5 Å². The van der Waals surface area contributed by atoms with E-state index in [2.05, 4.69) is 34.2 Å². The zero-order chi connectivity index (χ0) is 20.5. The maximum absolute atomic E-state index is 13.5. The van der Waals surface area contributed by atoms with Gasteiger partial charge in [0.25, 0.3) is 5.91 Å². The second kappa shape index (κ2) is 7.97. The minimum Gasteiger partial charge on any atom is -0.328 e. The zero-order valence-corrected chi connectivity index (χ0v) is 17.6. The van der Waals surface area contributed by atoms with Crippen LogP contribution in [0.5, 0.6) is 0 Å². The fourth-order valence-electron chi connectivity index (χ4n) is 3.82. The third-order valence-electron chi connectivity index (χ3n) is 5.29. The summed E-state index contributed by atoms with van der Waals surface area (Å²) in [4.78, 5) is 22.2. The molecule has 1 amide bonds. The van der Waals surface area contributed by atoms with Gasteiger partial charge in [0.05, 0.1) is 16.8 Å². The van der Waals surface area contributed by atoms with Crippen molar-refractivity contribution in [3.05, 3.63) is 76.2 Å². The van der Waals surface area contributed by atoms with Crippen LogP contribution in [0.4, 0.5) is 0 Å². The number of likely N-dealkylation sites (N-methyl/N-ethyl adjacent to an activating group) is 1. The lowest BCUT2D eigenvalue weighted by Crippen LogP contribution is -2.49. The first-order valence-corrected chi connectivity index (χ1v) is 10.1. The van der Waals surface area contributed by atoms with Crippen molar-refractivity contribution in [3.8, 4) is 5.82 Å². The molecule has 1 aliphatic rings. The molecule has 0 aliphatic carbocycles. The van der Waals surface area contributed by atoms with Crippen LogP contribution in [0.25, 0.3) is 5.82 Å². The van der Waals surface area contributed by atoms with Crippen LogP contribution in [0.2, 0.25) is 5.02 Å². The molecule has 0 radical (unpaired) electrons. The van der Waals surface area contributed by atoms with E-state index in [-0.39, 0.29) is 17.6 Å². The Morgan fingerprint density at radius 2 is 1.86 bits per heavy atom. The first kappa shape index (κ1) is 19.6. The molecule has 1 unspecified atom stereocenters. The van der Waals surface area contributed by atoms with Crippen LogP contribution in [-0.4, -0.2) is 57.2 Å². The first-order valence-electron chi connectivity index (χ1n) is 9.68. The Bertz CT molecular complexity index is 1030. The van der Waals surface area contributed by atoms with Crippen LogP contribution < -0.4 is 0 Å². The Morgan fingerprint density at radius 1 is 1.10 bits per heavy atom. The van der Waals surface area contributed by atoms with Crippen molar-refractivity contribution >= 4 is 17.5 Å². The molecule has 1 aliphatic heterocycles. The van der Waals surface area contributed by atoms with Crippen molar-refractivity contribution in [1.29, 1.82) is 0 Å².